The number of hydrogen-bond donors (Lipinski definition) is 2. The number of fused-ring (bicyclic) bond motifs is 1. The number of nitrogens with one attached hydrogen (secondary N) is 1. The molecule has 0 saturated heterocycles. The fourth-order valence-corrected chi connectivity index (χ4v) is 3.34. The molecular weight excluding hydrogens is 268 g/mol. The minimum absolute atomic E-state index is 0.0284. The predicted molar refractivity (Wildman–Crippen MR) is 85.7 cm³/mol. The van der Waals surface area contributed by atoms with Crippen LogP contribution in [0.4, 0.5) is 0 Å². The summed E-state index contributed by atoms with van der Waals surface area (Å²) >= 11 is 5.11. The van der Waals surface area contributed by atoms with Crippen LogP contribution in [0.15, 0.2) is 24.3 Å². The van der Waals surface area contributed by atoms with Crippen molar-refractivity contribution in [1.29, 1.82) is 0 Å². The van der Waals surface area contributed by atoms with Gasteiger partial charge in [-0.15, -0.1) is 0 Å². The maximum Gasteiger partial charge on any atom is 0.233 e. The van der Waals surface area contributed by atoms with Gasteiger partial charge in [-0.1, -0.05) is 50.3 Å². The molecule has 3 N–H and O–H groups in total. The average Bonchev–Trinajstić information content (AvgIpc) is 2.41. The molecule has 0 spiro atoms. The standard InChI is InChI=1S/C16H22N2OS/c1-3-16(4-2,14(17)20)15(19)18-10-12-9-11-7-5-6-8-13(11)12/h5-8,12H,3-4,9-10H2,1-2H3,(H2,17,20)(H,18,19). The van der Waals surface area contributed by atoms with Gasteiger partial charge in [0.15, 0.2) is 0 Å². The van der Waals surface area contributed by atoms with E-state index in [0.717, 1.165) is 6.42 Å². The molecule has 0 saturated carbocycles. The summed E-state index contributed by atoms with van der Waals surface area (Å²) in [6, 6.07) is 8.38. The van der Waals surface area contributed by atoms with Crippen LogP contribution < -0.4 is 11.1 Å². The molecule has 0 bridgehead atoms. The van der Waals surface area contributed by atoms with E-state index in [0.29, 0.717) is 30.3 Å². The number of thiocarbonyl (C=S) groups is 1. The van der Waals surface area contributed by atoms with E-state index in [2.05, 4.69) is 23.5 Å². The lowest BCUT2D eigenvalue weighted by atomic mass is 9.77. The molecule has 20 heavy (non-hydrogen) atoms. The lowest BCUT2D eigenvalue weighted by Crippen LogP contribution is -2.49. The van der Waals surface area contributed by atoms with Crippen LogP contribution >= 0.6 is 12.2 Å². The highest BCUT2D eigenvalue weighted by Crippen LogP contribution is 2.34. The molecule has 0 fully saturated rings. The van der Waals surface area contributed by atoms with E-state index in [1.807, 2.05) is 19.9 Å². The van der Waals surface area contributed by atoms with Crippen LogP contribution in [0.3, 0.4) is 0 Å². The van der Waals surface area contributed by atoms with E-state index < -0.39 is 5.41 Å². The highest BCUT2D eigenvalue weighted by Gasteiger charge is 2.38. The third-order valence-corrected chi connectivity index (χ3v) is 4.97. The first-order valence-corrected chi connectivity index (χ1v) is 7.62. The molecule has 0 aromatic heterocycles. The molecule has 1 aliphatic rings. The number of carbonyl (C=O) groups is 1. The second kappa shape index (κ2) is 5.92. The Morgan fingerprint density at radius 2 is 2.05 bits per heavy atom. The molecule has 2 rings (SSSR count). The van der Waals surface area contributed by atoms with Crippen LogP contribution in [0.1, 0.15) is 43.7 Å². The smallest absolute Gasteiger partial charge is 0.233 e. The third kappa shape index (κ3) is 2.44. The summed E-state index contributed by atoms with van der Waals surface area (Å²) < 4.78 is 0. The van der Waals surface area contributed by atoms with Gasteiger partial charge in [0.2, 0.25) is 5.91 Å². The van der Waals surface area contributed by atoms with Crippen LogP contribution in [0.2, 0.25) is 0 Å². The Balaban J connectivity index is 1.98. The fourth-order valence-electron chi connectivity index (χ4n) is 2.96. The zero-order valence-corrected chi connectivity index (χ0v) is 12.9. The topological polar surface area (TPSA) is 55.1 Å². The lowest BCUT2D eigenvalue weighted by Gasteiger charge is -2.33. The maximum absolute atomic E-state index is 12.4. The quantitative estimate of drug-likeness (QED) is 0.792. The van der Waals surface area contributed by atoms with Crippen molar-refractivity contribution in [2.24, 2.45) is 11.1 Å². The predicted octanol–water partition coefficient (Wildman–Crippen LogP) is 2.54. The molecular formula is C16H22N2OS. The molecule has 1 aromatic carbocycles. The molecule has 3 nitrogen and oxygen atoms in total. The minimum atomic E-state index is -0.696. The van der Waals surface area contributed by atoms with Crippen molar-refractivity contribution in [3.63, 3.8) is 0 Å². The number of hydrogen-bond acceptors (Lipinski definition) is 2. The van der Waals surface area contributed by atoms with Gasteiger partial charge in [-0.3, -0.25) is 4.79 Å². The van der Waals surface area contributed by atoms with Gasteiger partial charge in [0, 0.05) is 12.5 Å². The Bertz CT molecular complexity index is 523. The molecule has 0 radical (unpaired) electrons. The van der Waals surface area contributed by atoms with E-state index >= 15 is 0 Å². The maximum atomic E-state index is 12.4. The van der Waals surface area contributed by atoms with Gasteiger partial charge >= 0.3 is 0 Å². The summed E-state index contributed by atoms with van der Waals surface area (Å²) in [5.41, 5.74) is 7.83. The summed E-state index contributed by atoms with van der Waals surface area (Å²) in [6.07, 6.45) is 2.33. The monoisotopic (exact) mass is 290 g/mol. The Labute approximate surface area is 125 Å². The first-order chi connectivity index (χ1) is 9.55. The summed E-state index contributed by atoms with van der Waals surface area (Å²) in [5.74, 6) is 0.396. The van der Waals surface area contributed by atoms with Gasteiger partial charge in [-0.05, 0) is 30.4 Å². The third-order valence-electron chi connectivity index (χ3n) is 4.58. The molecule has 4 heteroatoms. The van der Waals surface area contributed by atoms with Crippen molar-refractivity contribution in [3.05, 3.63) is 35.4 Å². The second-order valence-corrected chi connectivity index (χ2v) is 5.90. The van der Waals surface area contributed by atoms with Crippen molar-refractivity contribution in [1.82, 2.24) is 5.32 Å². The van der Waals surface area contributed by atoms with Crippen LogP contribution in [-0.2, 0) is 11.2 Å². The van der Waals surface area contributed by atoms with Gasteiger partial charge in [-0.2, -0.15) is 0 Å². The molecule has 1 atom stereocenters. The lowest BCUT2D eigenvalue weighted by molar-refractivity contribution is -0.127. The van der Waals surface area contributed by atoms with Crippen LogP contribution in [0.25, 0.3) is 0 Å². The zero-order valence-electron chi connectivity index (χ0n) is 12.1. The van der Waals surface area contributed by atoms with E-state index in [-0.39, 0.29) is 5.91 Å². The number of carbonyl (C=O) groups excluding carboxylic acids is 1. The molecule has 108 valence electrons. The summed E-state index contributed by atoms with van der Waals surface area (Å²) in [7, 11) is 0. The van der Waals surface area contributed by atoms with Crippen molar-refractivity contribution in [3.8, 4) is 0 Å². The number of nitrogens with two attached hydrogens (primary N) is 1. The Morgan fingerprint density at radius 1 is 1.40 bits per heavy atom. The molecule has 1 aliphatic carbocycles. The van der Waals surface area contributed by atoms with Gasteiger partial charge in [-0.25, -0.2) is 0 Å². The number of benzene rings is 1. The minimum Gasteiger partial charge on any atom is -0.392 e. The molecule has 0 heterocycles. The second-order valence-electron chi connectivity index (χ2n) is 5.46. The van der Waals surface area contributed by atoms with E-state index in [9.17, 15) is 4.79 Å². The van der Waals surface area contributed by atoms with Crippen LogP contribution in [0.5, 0.6) is 0 Å². The van der Waals surface area contributed by atoms with Crippen LogP contribution in [-0.4, -0.2) is 17.4 Å². The Hall–Kier alpha value is -1.42. The van der Waals surface area contributed by atoms with Crippen molar-refractivity contribution in [2.75, 3.05) is 6.54 Å². The molecule has 1 amide bonds. The molecule has 1 unspecified atom stereocenters. The highest BCUT2D eigenvalue weighted by molar-refractivity contribution is 7.80. The van der Waals surface area contributed by atoms with Crippen molar-refractivity contribution >= 4 is 23.1 Å². The van der Waals surface area contributed by atoms with Gasteiger partial charge < -0.3 is 11.1 Å². The van der Waals surface area contributed by atoms with Crippen molar-refractivity contribution in [2.45, 2.75) is 39.0 Å². The first-order valence-electron chi connectivity index (χ1n) is 7.21. The van der Waals surface area contributed by atoms with Gasteiger partial charge in [0.25, 0.3) is 0 Å². The Morgan fingerprint density at radius 3 is 2.60 bits per heavy atom. The number of amides is 1. The molecule has 1 aromatic rings. The summed E-state index contributed by atoms with van der Waals surface area (Å²) in [6.45, 7) is 4.59. The van der Waals surface area contributed by atoms with E-state index in [1.165, 1.54) is 11.1 Å². The summed E-state index contributed by atoms with van der Waals surface area (Å²) in [5, 5.41) is 3.04. The fraction of sp³-hybridized carbons (Fsp3) is 0.500. The normalized spacial score (nSPS) is 17.0. The average molecular weight is 290 g/mol. The first kappa shape index (κ1) is 15.0. The van der Waals surface area contributed by atoms with Crippen LogP contribution in [0, 0.1) is 5.41 Å². The Kier molecular flexibility index (Phi) is 4.43. The largest absolute Gasteiger partial charge is 0.392 e. The highest BCUT2D eigenvalue weighted by atomic mass is 32.1. The van der Waals surface area contributed by atoms with Crippen molar-refractivity contribution < 1.29 is 4.79 Å². The van der Waals surface area contributed by atoms with Gasteiger partial charge in [0.05, 0.1) is 10.4 Å². The van der Waals surface area contributed by atoms with E-state index in [4.69, 9.17) is 18.0 Å². The summed E-state index contributed by atoms with van der Waals surface area (Å²) in [4.78, 5) is 12.7. The SMILES string of the molecule is CCC(CC)(C(=O)NCC1Cc2ccccc21)C(N)=S. The molecule has 0 aliphatic heterocycles. The van der Waals surface area contributed by atoms with Gasteiger partial charge in [0.1, 0.15) is 0 Å². The van der Waals surface area contributed by atoms with E-state index in [1.54, 1.807) is 0 Å². The zero-order chi connectivity index (χ0) is 14.8. The number of rotatable bonds is 6.